The van der Waals surface area contributed by atoms with Gasteiger partial charge in [-0.25, -0.2) is 0 Å². The van der Waals surface area contributed by atoms with Gasteiger partial charge in [0, 0.05) is 19.0 Å². The van der Waals surface area contributed by atoms with Crippen LogP contribution in [-0.4, -0.2) is 48.3 Å². The number of hydrogen-bond acceptors (Lipinski definition) is 3. The Hall–Kier alpha value is -1.39. The second-order valence-electron chi connectivity index (χ2n) is 7.22. The number of carbonyl (C=O) groups is 2. The molecule has 0 unspecified atom stereocenters. The van der Waals surface area contributed by atoms with Crippen LogP contribution in [0.4, 0.5) is 0 Å². The molecule has 3 rings (SSSR count). The third-order valence-electron chi connectivity index (χ3n) is 5.64. The number of aryl methyl sites for hydroxylation is 1. The Kier molecular flexibility index (Phi) is 5.71. The molecule has 5 heteroatoms. The van der Waals surface area contributed by atoms with Gasteiger partial charge in [0.25, 0.3) is 0 Å². The average molecular weight is 351 g/mol. The predicted octanol–water partition coefficient (Wildman–Crippen LogP) is 2.78. The zero-order chi connectivity index (χ0) is 16.6. The fraction of sp³-hybridized carbons (Fsp3) is 0.579. The number of fused-ring (bicyclic) bond motifs is 2. The lowest BCUT2D eigenvalue weighted by molar-refractivity contribution is -0.140. The summed E-state index contributed by atoms with van der Waals surface area (Å²) in [7, 11) is 4.05. The summed E-state index contributed by atoms with van der Waals surface area (Å²) < 4.78 is 0. The fourth-order valence-corrected chi connectivity index (χ4v) is 3.93. The fourth-order valence-electron chi connectivity index (χ4n) is 3.93. The van der Waals surface area contributed by atoms with Crippen LogP contribution < -0.4 is 0 Å². The van der Waals surface area contributed by atoms with E-state index in [1.165, 1.54) is 10.5 Å². The molecule has 2 amide bonds. The molecule has 2 aliphatic rings. The van der Waals surface area contributed by atoms with Crippen molar-refractivity contribution >= 4 is 24.2 Å². The molecule has 1 aromatic rings. The van der Waals surface area contributed by atoms with E-state index in [-0.39, 0.29) is 24.2 Å². The van der Waals surface area contributed by atoms with E-state index < -0.39 is 5.41 Å². The van der Waals surface area contributed by atoms with Crippen LogP contribution in [0.2, 0.25) is 0 Å². The molecule has 2 atom stereocenters. The summed E-state index contributed by atoms with van der Waals surface area (Å²) in [5.74, 6) is 0.0262. The second-order valence-corrected chi connectivity index (χ2v) is 7.22. The monoisotopic (exact) mass is 350 g/mol. The maximum absolute atomic E-state index is 13.1. The Morgan fingerprint density at radius 2 is 1.96 bits per heavy atom. The minimum Gasteiger partial charge on any atom is -0.307 e. The smallest absolute Gasteiger partial charge is 0.240 e. The van der Waals surface area contributed by atoms with E-state index in [4.69, 9.17) is 0 Å². The van der Waals surface area contributed by atoms with Crippen LogP contribution in [0.15, 0.2) is 24.3 Å². The van der Waals surface area contributed by atoms with Crippen molar-refractivity contribution in [2.75, 3.05) is 20.6 Å². The van der Waals surface area contributed by atoms with Gasteiger partial charge in [0.1, 0.15) is 0 Å². The largest absolute Gasteiger partial charge is 0.307 e. The van der Waals surface area contributed by atoms with Crippen LogP contribution in [0, 0.1) is 0 Å². The van der Waals surface area contributed by atoms with Gasteiger partial charge >= 0.3 is 0 Å². The first-order chi connectivity index (χ1) is 11.0. The van der Waals surface area contributed by atoms with Gasteiger partial charge in [-0.05, 0) is 57.8 Å². The lowest BCUT2D eigenvalue weighted by atomic mass is 9.69. The molecule has 1 aromatic carbocycles. The number of halogens is 1. The molecule has 24 heavy (non-hydrogen) atoms. The highest BCUT2D eigenvalue weighted by Gasteiger charge is 2.53. The number of nitrogens with zero attached hydrogens (tertiary/aromatic N) is 2. The Balaban J connectivity index is 0.00000208. The Bertz CT molecular complexity index is 632. The normalized spacial score (nSPS) is 24.2. The standard InChI is InChI=1S/C19H26N2O2.ClH/c1-14(20(2)3)10-12-21-17(22)13-19(18(21)23)11-6-8-15-7-4-5-9-16(15)19;/h4-5,7,9,14H,6,8,10-13H2,1-3H3;1H/t14-,19-;/m0./s1. The zero-order valence-corrected chi connectivity index (χ0v) is 15.6. The quantitative estimate of drug-likeness (QED) is 0.784. The van der Waals surface area contributed by atoms with Gasteiger partial charge in [-0.2, -0.15) is 0 Å². The van der Waals surface area contributed by atoms with Crippen molar-refractivity contribution in [1.29, 1.82) is 0 Å². The Morgan fingerprint density at radius 3 is 2.67 bits per heavy atom. The van der Waals surface area contributed by atoms with E-state index >= 15 is 0 Å². The van der Waals surface area contributed by atoms with Gasteiger partial charge in [0.05, 0.1) is 5.41 Å². The van der Waals surface area contributed by atoms with Crippen molar-refractivity contribution < 1.29 is 9.59 Å². The molecule has 0 saturated carbocycles. The van der Waals surface area contributed by atoms with Crippen LogP contribution in [-0.2, 0) is 21.4 Å². The minimum absolute atomic E-state index is 0. The topological polar surface area (TPSA) is 40.6 Å². The average Bonchev–Trinajstić information content (AvgIpc) is 2.77. The predicted molar refractivity (Wildman–Crippen MR) is 97.4 cm³/mol. The first kappa shape index (κ1) is 18.9. The van der Waals surface area contributed by atoms with Gasteiger partial charge in [-0.15, -0.1) is 12.4 Å². The number of rotatable bonds is 4. The van der Waals surface area contributed by atoms with Crippen molar-refractivity contribution in [2.45, 2.75) is 50.5 Å². The van der Waals surface area contributed by atoms with Gasteiger partial charge in [0.2, 0.25) is 11.8 Å². The summed E-state index contributed by atoms with van der Waals surface area (Å²) in [6, 6.07) is 8.51. The summed E-state index contributed by atoms with van der Waals surface area (Å²) in [4.78, 5) is 29.3. The Morgan fingerprint density at radius 1 is 1.25 bits per heavy atom. The highest BCUT2D eigenvalue weighted by molar-refractivity contribution is 6.09. The van der Waals surface area contributed by atoms with Crippen molar-refractivity contribution in [3.63, 3.8) is 0 Å². The molecule has 1 heterocycles. The van der Waals surface area contributed by atoms with Gasteiger partial charge in [-0.3, -0.25) is 14.5 Å². The molecular weight excluding hydrogens is 324 g/mol. The van der Waals surface area contributed by atoms with E-state index in [1.807, 2.05) is 32.3 Å². The molecule has 0 radical (unpaired) electrons. The second kappa shape index (κ2) is 7.24. The van der Waals surface area contributed by atoms with E-state index in [0.29, 0.717) is 19.0 Å². The lowest BCUT2D eigenvalue weighted by Crippen LogP contribution is -2.42. The van der Waals surface area contributed by atoms with Crippen LogP contribution >= 0.6 is 12.4 Å². The Labute approximate surface area is 150 Å². The third kappa shape index (κ3) is 3.09. The molecule has 1 aliphatic heterocycles. The van der Waals surface area contributed by atoms with Crippen molar-refractivity contribution in [3.05, 3.63) is 35.4 Å². The number of hydrogen-bond donors (Lipinski definition) is 0. The number of amides is 2. The molecule has 0 aromatic heterocycles. The summed E-state index contributed by atoms with van der Waals surface area (Å²) in [6.45, 7) is 2.65. The summed E-state index contributed by atoms with van der Waals surface area (Å²) in [5, 5.41) is 0. The number of imide groups is 1. The van der Waals surface area contributed by atoms with Crippen molar-refractivity contribution in [1.82, 2.24) is 9.80 Å². The maximum atomic E-state index is 13.1. The lowest BCUT2D eigenvalue weighted by Gasteiger charge is -2.33. The highest BCUT2D eigenvalue weighted by atomic mass is 35.5. The van der Waals surface area contributed by atoms with E-state index in [9.17, 15) is 9.59 Å². The van der Waals surface area contributed by atoms with Crippen LogP contribution in [0.25, 0.3) is 0 Å². The van der Waals surface area contributed by atoms with Crippen LogP contribution in [0.1, 0.15) is 43.7 Å². The molecule has 4 nitrogen and oxygen atoms in total. The van der Waals surface area contributed by atoms with Gasteiger partial charge in [-0.1, -0.05) is 24.3 Å². The molecular formula is C19H27ClN2O2. The van der Waals surface area contributed by atoms with E-state index in [1.54, 1.807) is 0 Å². The van der Waals surface area contributed by atoms with Crippen LogP contribution in [0.3, 0.4) is 0 Å². The zero-order valence-electron chi connectivity index (χ0n) is 14.7. The number of likely N-dealkylation sites (tertiary alicyclic amines) is 1. The summed E-state index contributed by atoms with van der Waals surface area (Å²) in [6.07, 6.45) is 3.96. The summed E-state index contributed by atoms with van der Waals surface area (Å²) >= 11 is 0. The molecule has 1 fully saturated rings. The minimum atomic E-state index is -0.590. The van der Waals surface area contributed by atoms with E-state index in [2.05, 4.69) is 17.9 Å². The number of carbonyl (C=O) groups excluding carboxylic acids is 2. The third-order valence-corrected chi connectivity index (χ3v) is 5.64. The first-order valence-electron chi connectivity index (χ1n) is 8.55. The van der Waals surface area contributed by atoms with Gasteiger partial charge in [0.15, 0.2) is 0 Å². The molecule has 1 spiro atoms. The molecule has 1 aliphatic carbocycles. The van der Waals surface area contributed by atoms with Crippen LogP contribution in [0.5, 0.6) is 0 Å². The van der Waals surface area contributed by atoms with Crippen molar-refractivity contribution in [2.24, 2.45) is 0 Å². The van der Waals surface area contributed by atoms with E-state index in [0.717, 1.165) is 31.2 Å². The maximum Gasteiger partial charge on any atom is 0.240 e. The highest BCUT2D eigenvalue weighted by Crippen LogP contribution is 2.45. The van der Waals surface area contributed by atoms with Crippen molar-refractivity contribution in [3.8, 4) is 0 Å². The molecule has 1 saturated heterocycles. The van der Waals surface area contributed by atoms with Gasteiger partial charge < -0.3 is 4.90 Å². The SMILES string of the molecule is C[C@@H](CCN1C(=O)C[C@]2(CCCc3ccccc32)C1=O)N(C)C.Cl. The molecule has 0 N–H and O–H groups in total. The summed E-state index contributed by atoms with van der Waals surface area (Å²) in [5.41, 5.74) is 1.74. The first-order valence-corrected chi connectivity index (χ1v) is 8.55. The number of benzene rings is 1. The molecule has 0 bridgehead atoms. The molecule has 132 valence electrons.